The molecule has 2 rings (SSSR count). The third-order valence-corrected chi connectivity index (χ3v) is 3.24. The molecule has 5 nitrogen and oxygen atoms in total. The minimum Gasteiger partial charge on any atom is -0.481 e. The van der Waals surface area contributed by atoms with Gasteiger partial charge in [0.2, 0.25) is 0 Å². The summed E-state index contributed by atoms with van der Waals surface area (Å²) in [6.07, 6.45) is 0.812. The van der Waals surface area contributed by atoms with Gasteiger partial charge in [-0.2, -0.15) is 0 Å². The predicted octanol–water partition coefficient (Wildman–Crippen LogP) is 3.15. The lowest BCUT2D eigenvalue weighted by atomic mass is 9.96. The molecule has 1 aromatic rings. The molecular weight excluding hydrogens is 258 g/mol. The van der Waals surface area contributed by atoms with E-state index in [9.17, 15) is 14.7 Å². The van der Waals surface area contributed by atoms with E-state index in [-0.39, 0.29) is 0 Å². The van der Waals surface area contributed by atoms with E-state index in [1.54, 1.807) is 45.0 Å². The van der Waals surface area contributed by atoms with Gasteiger partial charge in [-0.25, -0.2) is 4.79 Å². The summed E-state index contributed by atoms with van der Waals surface area (Å²) in [6, 6.07) is 6.88. The molecule has 0 unspecified atom stereocenters. The summed E-state index contributed by atoms with van der Waals surface area (Å²) in [7, 11) is 0. The van der Waals surface area contributed by atoms with Crippen molar-refractivity contribution in [2.75, 3.05) is 5.32 Å². The highest BCUT2D eigenvalue weighted by Crippen LogP contribution is 2.48. The average Bonchev–Trinajstić information content (AvgIpc) is 3.08. The van der Waals surface area contributed by atoms with Crippen LogP contribution in [0.15, 0.2) is 24.3 Å². The summed E-state index contributed by atoms with van der Waals surface area (Å²) in [5.74, 6) is -0.787. The van der Waals surface area contributed by atoms with Crippen molar-refractivity contribution in [2.24, 2.45) is 0 Å². The summed E-state index contributed by atoms with van der Waals surface area (Å²) >= 11 is 0. The van der Waals surface area contributed by atoms with Crippen molar-refractivity contribution in [3.05, 3.63) is 29.8 Å². The SMILES string of the molecule is CC(C)(C)OC(=O)Nc1ccc(C2(C(=O)O)CC2)cc1. The van der Waals surface area contributed by atoms with Crippen LogP contribution >= 0.6 is 0 Å². The molecule has 108 valence electrons. The van der Waals surface area contributed by atoms with Crippen molar-refractivity contribution in [1.29, 1.82) is 0 Å². The molecule has 0 bridgehead atoms. The van der Waals surface area contributed by atoms with E-state index in [0.717, 1.165) is 5.56 Å². The second-order valence-corrected chi connectivity index (χ2v) is 6.09. The van der Waals surface area contributed by atoms with Crippen LogP contribution < -0.4 is 5.32 Å². The van der Waals surface area contributed by atoms with Gasteiger partial charge in [0.25, 0.3) is 0 Å². The molecule has 1 aliphatic rings. The van der Waals surface area contributed by atoms with E-state index in [4.69, 9.17) is 4.74 Å². The maximum atomic E-state index is 11.6. The number of hydrogen-bond acceptors (Lipinski definition) is 3. The number of nitrogens with one attached hydrogen (secondary N) is 1. The summed E-state index contributed by atoms with van der Waals surface area (Å²) in [5.41, 5.74) is 0.0967. The Hall–Kier alpha value is -2.04. The standard InChI is InChI=1S/C15H19NO4/c1-14(2,3)20-13(19)16-11-6-4-10(5-7-11)15(8-9-15)12(17)18/h4-7H,8-9H2,1-3H3,(H,16,19)(H,17,18). The first-order valence-electron chi connectivity index (χ1n) is 6.57. The van der Waals surface area contributed by atoms with Crippen LogP contribution in [0, 0.1) is 0 Å². The minimum atomic E-state index is -0.787. The number of carboxylic acid groups (broad SMARTS) is 1. The largest absolute Gasteiger partial charge is 0.481 e. The molecule has 1 aromatic carbocycles. The number of carbonyl (C=O) groups excluding carboxylic acids is 1. The number of carboxylic acids is 1. The topological polar surface area (TPSA) is 75.6 Å². The molecule has 0 heterocycles. The van der Waals surface area contributed by atoms with Crippen molar-refractivity contribution < 1.29 is 19.4 Å². The Morgan fingerprint density at radius 3 is 2.15 bits per heavy atom. The maximum absolute atomic E-state index is 11.6. The van der Waals surface area contributed by atoms with Crippen LogP contribution in [0.5, 0.6) is 0 Å². The number of hydrogen-bond donors (Lipinski definition) is 2. The quantitative estimate of drug-likeness (QED) is 0.889. The van der Waals surface area contributed by atoms with Crippen LogP contribution in [0.3, 0.4) is 0 Å². The number of amides is 1. The van der Waals surface area contributed by atoms with E-state index < -0.39 is 23.1 Å². The van der Waals surface area contributed by atoms with Gasteiger partial charge in [0.1, 0.15) is 5.60 Å². The third-order valence-electron chi connectivity index (χ3n) is 3.24. The Morgan fingerprint density at radius 1 is 1.20 bits per heavy atom. The molecular formula is C15H19NO4. The van der Waals surface area contributed by atoms with E-state index in [0.29, 0.717) is 18.5 Å². The van der Waals surface area contributed by atoms with Gasteiger partial charge >= 0.3 is 12.1 Å². The first-order valence-corrected chi connectivity index (χ1v) is 6.57. The first kappa shape index (κ1) is 14.4. The minimum absolute atomic E-state index is 0.524. The number of rotatable bonds is 3. The van der Waals surface area contributed by atoms with Crippen molar-refractivity contribution in [3.63, 3.8) is 0 Å². The lowest BCUT2D eigenvalue weighted by Crippen LogP contribution is -2.27. The zero-order chi connectivity index (χ0) is 15.0. The van der Waals surface area contributed by atoms with Gasteiger partial charge in [-0.05, 0) is 51.3 Å². The van der Waals surface area contributed by atoms with E-state index in [2.05, 4.69) is 5.32 Å². The molecule has 1 aliphatic carbocycles. The van der Waals surface area contributed by atoms with Crippen LogP contribution in [-0.4, -0.2) is 22.8 Å². The molecule has 1 fully saturated rings. The summed E-state index contributed by atoms with van der Waals surface area (Å²) in [6.45, 7) is 5.37. The van der Waals surface area contributed by atoms with Crippen molar-refractivity contribution in [1.82, 2.24) is 0 Å². The molecule has 0 atom stereocenters. The van der Waals surface area contributed by atoms with Crippen molar-refractivity contribution in [3.8, 4) is 0 Å². The Morgan fingerprint density at radius 2 is 1.75 bits per heavy atom. The maximum Gasteiger partial charge on any atom is 0.412 e. The van der Waals surface area contributed by atoms with Gasteiger partial charge in [-0.15, -0.1) is 0 Å². The molecule has 2 N–H and O–H groups in total. The molecule has 0 spiro atoms. The first-order chi connectivity index (χ1) is 9.23. The van der Waals surface area contributed by atoms with Crippen LogP contribution in [0.4, 0.5) is 10.5 Å². The smallest absolute Gasteiger partial charge is 0.412 e. The number of ether oxygens (including phenoxy) is 1. The monoisotopic (exact) mass is 277 g/mol. The number of aliphatic carboxylic acids is 1. The summed E-state index contributed by atoms with van der Waals surface area (Å²) in [5, 5.41) is 11.8. The number of carbonyl (C=O) groups is 2. The molecule has 20 heavy (non-hydrogen) atoms. The molecule has 0 saturated heterocycles. The normalized spacial score (nSPS) is 16.4. The lowest BCUT2D eigenvalue weighted by Gasteiger charge is -2.19. The van der Waals surface area contributed by atoms with Gasteiger partial charge in [0.05, 0.1) is 5.41 Å². The van der Waals surface area contributed by atoms with Gasteiger partial charge in [0, 0.05) is 5.69 Å². The van der Waals surface area contributed by atoms with Crippen molar-refractivity contribution in [2.45, 2.75) is 44.6 Å². The molecule has 0 aromatic heterocycles. The Kier molecular flexibility index (Phi) is 3.46. The lowest BCUT2D eigenvalue weighted by molar-refractivity contribution is -0.140. The Labute approximate surface area is 117 Å². The molecule has 1 saturated carbocycles. The number of anilines is 1. The van der Waals surface area contributed by atoms with E-state index >= 15 is 0 Å². The van der Waals surface area contributed by atoms with Crippen LogP contribution in [-0.2, 0) is 14.9 Å². The van der Waals surface area contributed by atoms with Crippen LogP contribution in [0.2, 0.25) is 0 Å². The highest BCUT2D eigenvalue weighted by atomic mass is 16.6. The zero-order valence-electron chi connectivity index (χ0n) is 11.9. The zero-order valence-corrected chi connectivity index (χ0v) is 11.9. The van der Waals surface area contributed by atoms with Gasteiger partial charge < -0.3 is 9.84 Å². The van der Waals surface area contributed by atoms with Gasteiger partial charge in [0.15, 0.2) is 0 Å². The Balaban J connectivity index is 2.03. The van der Waals surface area contributed by atoms with Crippen LogP contribution in [0.1, 0.15) is 39.2 Å². The van der Waals surface area contributed by atoms with Gasteiger partial charge in [-0.3, -0.25) is 10.1 Å². The molecule has 0 aliphatic heterocycles. The van der Waals surface area contributed by atoms with E-state index in [1.807, 2.05) is 0 Å². The van der Waals surface area contributed by atoms with Crippen LogP contribution in [0.25, 0.3) is 0 Å². The average molecular weight is 277 g/mol. The van der Waals surface area contributed by atoms with Gasteiger partial charge in [-0.1, -0.05) is 12.1 Å². The highest BCUT2D eigenvalue weighted by molar-refractivity contribution is 5.87. The molecule has 5 heteroatoms. The fourth-order valence-corrected chi connectivity index (χ4v) is 2.05. The fourth-order valence-electron chi connectivity index (χ4n) is 2.05. The summed E-state index contributed by atoms with van der Waals surface area (Å²) < 4.78 is 5.15. The number of benzene rings is 1. The van der Waals surface area contributed by atoms with Crippen molar-refractivity contribution >= 4 is 17.7 Å². The Bertz CT molecular complexity index is 524. The predicted molar refractivity (Wildman–Crippen MR) is 74.8 cm³/mol. The fraction of sp³-hybridized carbons (Fsp3) is 0.467. The molecule has 0 radical (unpaired) electrons. The summed E-state index contributed by atoms with van der Waals surface area (Å²) in [4.78, 5) is 22.8. The second-order valence-electron chi connectivity index (χ2n) is 6.09. The third kappa shape index (κ3) is 3.10. The highest BCUT2D eigenvalue weighted by Gasteiger charge is 2.51. The van der Waals surface area contributed by atoms with E-state index in [1.165, 1.54) is 0 Å². The molecule has 1 amide bonds. The second kappa shape index (κ2) is 4.81.